The van der Waals surface area contributed by atoms with E-state index in [9.17, 15) is 4.79 Å². The summed E-state index contributed by atoms with van der Waals surface area (Å²) in [5.74, 6) is 0.288. The van der Waals surface area contributed by atoms with Gasteiger partial charge in [0.15, 0.2) is 10.4 Å². The van der Waals surface area contributed by atoms with Gasteiger partial charge in [-0.3, -0.25) is 9.78 Å². The van der Waals surface area contributed by atoms with Crippen LogP contribution in [0.25, 0.3) is 0 Å². The van der Waals surface area contributed by atoms with Crippen molar-refractivity contribution < 1.29 is 9.21 Å². The zero-order valence-electron chi connectivity index (χ0n) is 8.74. The molecule has 0 saturated heterocycles. The van der Waals surface area contributed by atoms with Crippen molar-refractivity contribution in [2.45, 2.75) is 13.3 Å². The standard InChI is InChI=1S/C12H10BrNO2/c1-8-2-3-9(14-7-8)6-10(15)11-4-5-12(13)16-11/h2-5,7H,6H2,1H3. The Balaban J connectivity index is 2.10. The molecule has 0 N–H and O–H groups in total. The second kappa shape index (κ2) is 4.61. The van der Waals surface area contributed by atoms with Crippen LogP contribution in [0.1, 0.15) is 21.8 Å². The van der Waals surface area contributed by atoms with Crippen molar-refractivity contribution in [2.75, 3.05) is 0 Å². The van der Waals surface area contributed by atoms with Crippen LogP contribution in [0.15, 0.2) is 39.5 Å². The summed E-state index contributed by atoms with van der Waals surface area (Å²) in [6.07, 6.45) is 2.01. The number of rotatable bonds is 3. The summed E-state index contributed by atoms with van der Waals surface area (Å²) in [7, 11) is 0. The van der Waals surface area contributed by atoms with E-state index in [0.717, 1.165) is 11.3 Å². The highest BCUT2D eigenvalue weighted by atomic mass is 79.9. The smallest absolute Gasteiger partial charge is 0.203 e. The minimum absolute atomic E-state index is 0.0675. The monoisotopic (exact) mass is 279 g/mol. The third-order valence-electron chi connectivity index (χ3n) is 2.16. The van der Waals surface area contributed by atoms with Gasteiger partial charge in [0.1, 0.15) is 0 Å². The van der Waals surface area contributed by atoms with Crippen LogP contribution in [-0.4, -0.2) is 10.8 Å². The lowest BCUT2D eigenvalue weighted by Crippen LogP contribution is -2.03. The van der Waals surface area contributed by atoms with E-state index in [1.54, 1.807) is 18.3 Å². The summed E-state index contributed by atoms with van der Waals surface area (Å²) in [5.41, 5.74) is 1.83. The second-order valence-corrected chi connectivity index (χ2v) is 4.31. The van der Waals surface area contributed by atoms with Crippen LogP contribution in [0.3, 0.4) is 0 Å². The van der Waals surface area contributed by atoms with Crippen molar-refractivity contribution in [3.63, 3.8) is 0 Å². The van der Waals surface area contributed by atoms with Gasteiger partial charge in [-0.05, 0) is 46.6 Å². The number of hydrogen-bond acceptors (Lipinski definition) is 3. The van der Waals surface area contributed by atoms with E-state index in [4.69, 9.17) is 4.42 Å². The Kier molecular flexibility index (Phi) is 3.19. The zero-order chi connectivity index (χ0) is 11.5. The SMILES string of the molecule is Cc1ccc(CC(=O)c2ccc(Br)o2)nc1. The molecule has 0 aliphatic carbocycles. The van der Waals surface area contributed by atoms with Crippen molar-refractivity contribution in [3.05, 3.63) is 52.1 Å². The molecule has 0 amide bonds. The molecule has 0 saturated carbocycles. The average molecular weight is 280 g/mol. The number of halogens is 1. The number of nitrogens with zero attached hydrogens (tertiary/aromatic N) is 1. The van der Waals surface area contributed by atoms with E-state index in [-0.39, 0.29) is 12.2 Å². The van der Waals surface area contributed by atoms with E-state index in [2.05, 4.69) is 20.9 Å². The van der Waals surface area contributed by atoms with E-state index in [0.29, 0.717) is 10.4 Å². The highest BCUT2D eigenvalue weighted by molar-refractivity contribution is 9.10. The first-order valence-electron chi connectivity index (χ1n) is 4.85. The van der Waals surface area contributed by atoms with E-state index in [1.807, 2.05) is 19.1 Å². The molecular weight excluding hydrogens is 270 g/mol. The van der Waals surface area contributed by atoms with Crippen molar-refractivity contribution in [2.24, 2.45) is 0 Å². The van der Waals surface area contributed by atoms with E-state index in [1.165, 1.54) is 0 Å². The molecule has 0 aliphatic heterocycles. The molecule has 0 atom stereocenters. The molecule has 2 rings (SSSR count). The van der Waals surface area contributed by atoms with Gasteiger partial charge in [0.25, 0.3) is 0 Å². The predicted molar refractivity (Wildman–Crippen MR) is 63.4 cm³/mol. The Hall–Kier alpha value is -1.42. The largest absolute Gasteiger partial charge is 0.446 e. The van der Waals surface area contributed by atoms with Crippen molar-refractivity contribution >= 4 is 21.7 Å². The topological polar surface area (TPSA) is 43.1 Å². The highest BCUT2D eigenvalue weighted by Crippen LogP contribution is 2.15. The molecular formula is C12H10BrNO2. The van der Waals surface area contributed by atoms with E-state index >= 15 is 0 Å². The molecule has 0 aliphatic rings. The quantitative estimate of drug-likeness (QED) is 0.811. The van der Waals surface area contributed by atoms with Gasteiger partial charge in [0, 0.05) is 11.9 Å². The number of Topliss-reactive ketones (excluding diaryl/α,β-unsaturated/α-hetero) is 1. The third kappa shape index (κ3) is 2.58. The summed E-state index contributed by atoms with van der Waals surface area (Å²) >= 11 is 3.16. The number of aryl methyl sites for hydroxylation is 1. The number of carbonyl (C=O) groups excluding carboxylic acids is 1. The number of aromatic nitrogens is 1. The van der Waals surface area contributed by atoms with Crippen LogP contribution < -0.4 is 0 Å². The second-order valence-electron chi connectivity index (χ2n) is 3.53. The van der Waals surface area contributed by atoms with Gasteiger partial charge in [0.05, 0.1) is 6.42 Å². The Labute approximate surface area is 102 Å². The fourth-order valence-corrected chi connectivity index (χ4v) is 1.63. The summed E-state index contributed by atoms with van der Waals surface area (Å²) in [6.45, 7) is 1.96. The number of hydrogen-bond donors (Lipinski definition) is 0. The summed E-state index contributed by atoms with van der Waals surface area (Å²) in [6, 6.07) is 7.15. The van der Waals surface area contributed by atoms with Gasteiger partial charge < -0.3 is 4.42 Å². The number of furan rings is 1. The molecule has 0 fully saturated rings. The lowest BCUT2D eigenvalue weighted by atomic mass is 10.1. The number of carbonyl (C=O) groups is 1. The predicted octanol–water partition coefficient (Wildman–Crippen LogP) is 3.17. The Morgan fingerprint density at radius 1 is 1.38 bits per heavy atom. The lowest BCUT2D eigenvalue weighted by molar-refractivity contribution is 0.0964. The minimum atomic E-state index is -0.0675. The minimum Gasteiger partial charge on any atom is -0.446 e. The first kappa shape index (κ1) is 11.1. The Morgan fingerprint density at radius 2 is 2.19 bits per heavy atom. The zero-order valence-corrected chi connectivity index (χ0v) is 10.3. The van der Waals surface area contributed by atoms with Gasteiger partial charge >= 0.3 is 0 Å². The molecule has 2 aromatic heterocycles. The van der Waals surface area contributed by atoms with Crippen LogP contribution in [0.5, 0.6) is 0 Å². The van der Waals surface area contributed by atoms with Crippen molar-refractivity contribution in [1.29, 1.82) is 0 Å². The number of pyridine rings is 1. The molecule has 2 heterocycles. The molecule has 0 radical (unpaired) electrons. The first-order chi connectivity index (χ1) is 7.65. The molecule has 2 aromatic rings. The molecule has 0 unspecified atom stereocenters. The summed E-state index contributed by atoms with van der Waals surface area (Å²) < 4.78 is 5.74. The van der Waals surface area contributed by atoms with Crippen LogP contribution in [0.2, 0.25) is 0 Å². The molecule has 3 nitrogen and oxygen atoms in total. The Morgan fingerprint density at radius 3 is 2.75 bits per heavy atom. The summed E-state index contributed by atoms with van der Waals surface area (Å²) in [4.78, 5) is 15.9. The Bertz CT molecular complexity index is 502. The highest BCUT2D eigenvalue weighted by Gasteiger charge is 2.11. The lowest BCUT2D eigenvalue weighted by Gasteiger charge is -1.98. The van der Waals surface area contributed by atoms with E-state index < -0.39 is 0 Å². The van der Waals surface area contributed by atoms with Crippen LogP contribution in [-0.2, 0) is 6.42 Å². The van der Waals surface area contributed by atoms with Crippen molar-refractivity contribution in [3.8, 4) is 0 Å². The first-order valence-corrected chi connectivity index (χ1v) is 5.64. The maximum atomic E-state index is 11.8. The van der Waals surface area contributed by atoms with Gasteiger partial charge in [-0.15, -0.1) is 0 Å². The number of ketones is 1. The van der Waals surface area contributed by atoms with Crippen LogP contribution >= 0.6 is 15.9 Å². The van der Waals surface area contributed by atoms with Gasteiger partial charge in [-0.2, -0.15) is 0 Å². The van der Waals surface area contributed by atoms with Crippen molar-refractivity contribution in [1.82, 2.24) is 4.98 Å². The van der Waals surface area contributed by atoms with Crippen LogP contribution in [0, 0.1) is 6.92 Å². The fourth-order valence-electron chi connectivity index (χ4n) is 1.32. The molecule has 4 heteroatoms. The van der Waals surface area contributed by atoms with Crippen LogP contribution in [0.4, 0.5) is 0 Å². The molecule has 82 valence electrons. The van der Waals surface area contributed by atoms with Gasteiger partial charge in [-0.25, -0.2) is 0 Å². The summed E-state index contributed by atoms with van der Waals surface area (Å²) in [5, 5.41) is 0. The fraction of sp³-hybridized carbons (Fsp3) is 0.167. The third-order valence-corrected chi connectivity index (χ3v) is 2.59. The maximum absolute atomic E-state index is 11.8. The average Bonchev–Trinajstić information content (AvgIpc) is 2.68. The van der Waals surface area contributed by atoms with Gasteiger partial charge in [0.2, 0.25) is 5.78 Å². The molecule has 0 spiro atoms. The molecule has 0 aromatic carbocycles. The molecule has 0 bridgehead atoms. The maximum Gasteiger partial charge on any atom is 0.203 e. The van der Waals surface area contributed by atoms with Gasteiger partial charge in [-0.1, -0.05) is 6.07 Å². The molecule has 16 heavy (non-hydrogen) atoms. The normalized spacial score (nSPS) is 10.4.